The summed E-state index contributed by atoms with van der Waals surface area (Å²) < 4.78 is 19.6. The number of para-hydroxylation sites is 3. The minimum atomic E-state index is 0.901. The molecule has 3 aromatic heterocycles. The van der Waals surface area contributed by atoms with Gasteiger partial charge in [0.15, 0.2) is 0 Å². The van der Waals surface area contributed by atoms with E-state index in [1.807, 2.05) is 12.1 Å². The molecule has 0 unspecified atom stereocenters. The van der Waals surface area contributed by atoms with Gasteiger partial charge in [-0.3, -0.25) is 0 Å². The van der Waals surface area contributed by atoms with Crippen molar-refractivity contribution in [2.45, 2.75) is 0 Å². The van der Waals surface area contributed by atoms with Gasteiger partial charge in [0, 0.05) is 43.4 Å². The number of fused-ring (bicyclic) bond motifs is 19. The van der Waals surface area contributed by atoms with Crippen LogP contribution in [0.3, 0.4) is 0 Å². The van der Waals surface area contributed by atoms with Crippen molar-refractivity contribution < 1.29 is 13.3 Å². The van der Waals surface area contributed by atoms with Crippen LogP contribution in [0.1, 0.15) is 0 Å². The van der Waals surface area contributed by atoms with Gasteiger partial charge >= 0.3 is 0 Å². The number of rotatable bonds is 9. The zero-order valence-electron chi connectivity index (χ0n) is 72.4. The Morgan fingerprint density at radius 1 is 0.105 bits per heavy atom. The van der Waals surface area contributed by atoms with E-state index in [0.717, 1.165) is 82.5 Å². The van der Waals surface area contributed by atoms with Crippen LogP contribution in [-0.4, -0.2) is 0 Å². The molecule has 3 heterocycles. The Balaban J connectivity index is 0.000000104. The fraction of sp³-hybridized carbons (Fsp3) is 0. The van der Waals surface area contributed by atoms with E-state index < -0.39 is 0 Å². The Morgan fingerprint density at radius 3 is 0.872 bits per heavy atom. The summed E-state index contributed by atoms with van der Waals surface area (Å²) in [5, 5.41) is 31.8. The Morgan fingerprint density at radius 2 is 0.406 bits per heavy atom. The van der Waals surface area contributed by atoms with Gasteiger partial charge in [-0.25, -0.2) is 0 Å². The smallest absolute Gasteiger partial charge is 0.143 e. The zero-order valence-corrected chi connectivity index (χ0v) is 72.4. The molecule has 0 fully saturated rings. The first-order valence-corrected chi connectivity index (χ1v) is 45.7. The lowest BCUT2D eigenvalue weighted by Crippen LogP contribution is -1.93. The minimum absolute atomic E-state index is 0.901. The van der Waals surface area contributed by atoms with Gasteiger partial charge in [0.1, 0.15) is 33.5 Å². The predicted octanol–water partition coefficient (Wildman–Crippen LogP) is 37.3. The second-order valence-electron chi connectivity index (χ2n) is 35.0. The molecule has 0 spiro atoms. The molecule has 0 N–H and O–H groups in total. The maximum atomic E-state index is 6.66. The quantitative estimate of drug-likeness (QED) is 0.135. The molecule has 0 saturated carbocycles. The predicted molar refractivity (Wildman–Crippen MR) is 565 cm³/mol. The van der Waals surface area contributed by atoms with E-state index in [4.69, 9.17) is 13.3 Å². The lowest BCUT2D eigenvalue weighted by Gasteiger charge is -2.20. The molecule has 0 bridgehead atoms. The van der Waals surface area contributed by atoms with Crippen molar-refractivity contribution in [2.24, 2.45) is 0 Å². The molecule has 0 aliphatic carbocycles. The molecule has 0 aliphatic rings. The molecule has 3 heteroatoms. The van der Waals surface area contributed by atoms with Crippen molar-refractivity contribution in [1.82, 2.24) is 0 Å². The third-order valence-electron chi connectivity index (χ3n) is 27.5. The standard InChI is InChI=1S/C46H28O.2C42H26O/c1-2-13-31-27-32(24-23-29(31)11-1)44-36-16-5-7-18-38(36)45(39-19-8-6-17-37(39)44)33-25-26-43-42(28-33)41-22-10-21-40(46(41)47-43)35-20-9-14-30-12-3-4-15-34(30)35;1-2-13-28(14-3-1)37-25-31(26-38-32-16-10-11-21-39(32)43-42(37)38)41-35-19-8-6-17-33(35)40(34-18-7-9-20-36(34)41)30-23-22-27-12-4-5-15-29(27)24-30;1-2-13-28(14-3-1)36-26-40-37(31-16-10-11-21-39(31)43-40)25-38(36)42-34-19-8-6-17-32(34)41(33-18-7-9-20-35(33)42)30-23-22-27-12-4-5-15-29(27)24-30/h1-28H;2*1-26H. The van der Waals surface area contributed by atoms with E-state index in [-0.39, 0.29) is 0 Å². The van der Waals surface area contributed by atoms with Gasteiger partial charge in [0.05, 0.1) is 0 Å². The number of benzene rings is 25. The highest BCUT2D eigenvalue weighted by Crippen LogP contribution is 2.53. The van der Waals surface area contributed by atoms with E-state index in [9.17, 15) is 0 Å². The summed E-state index contributed by atoms with van der Waals surface area (Å²) in [5.41, 5.74) is 27.3. The topological polar surface area (TPSA) is 39.4 Å². The van der Waals surface area contributed by atoms with Crippen LogP contribution in [0.15, 0.2) is 499 Å². The van der Waals surface area contributed by atoms with Gasteiger partial charge in [0.2, 0.25) is 0 Å². The van der Waals surface area contributed by atoms with Crippen molar-refractivity contribution in [1.29, 1.82) is 0 Å². The van der Waals surface area contributed by atoms with E-state index in [0.29, 0.717) is 0 Å². The maximum Gasteiger partial charge on any atom is 0.143 e. The molecule has 0 atom stereocenters. The summed E-state index contributed by atoms with van der Waals surface area (Å²) in [6.45, 7) is 0. The van der Waals surface area contributed by atoms with Gasteiger partial charge in [-0.2, -0.15) is 0 Å². The van der Waals surface area contributed by atoms with Crippen LogP contribution >= 0.6 is 0 Å². The summed E-state index contributed by atoms with van der Waals surface area (Å²) in [7, 11) is 0. The number of hydrogen-bond acceptors (Lipinski definition) is 3. The summed E-state index contributed by atoms with van der Waals surface area (Å²) in [6, 6.07) is 175. The Labute approximate surface area is 766 Å². The third-order valence-corrected chi connectivity index (χ3v) is 27.5. The Kier molecular flexibility index (Phi) is 18.3. The Bertz CT molecular complexity index is 9420. The summed E-state index contributed by atoms with van der Waals surface area (Å²) in [6.07, 6.45) is 0. The zero-order chi connectivity index (χ0) is 87.6. The summed E-state index contributed by atoms with van der Waals surface area (Å²) in [4.78, 5) is 0. The van der Waals surface area contributed by atoms with Crippen LogP contribution in [0.25, 0.3) is 274 Å². The van der Waals surface area contributed by atoms with Gasteiger partial charge in [-0.05, 0) is 263 Å². The molecule has 25 aromatic carbocycles. The molecule has 618 valence electrons. The molecule has 0 saturated heterocycles. The van der Waals surface area contributed by atoms with Crippen molar-refractivity contribution in [3.63, 3.8) is 0 Å². The first-order chi connectivity index (χ1) is 66.0. The molecule has 28 rings (SSSR count). The average Bonchev–Trinajstić information content (AvgIpc) is 1.66. The number of furan rings is 3. The average molecular weight is 1690 g/mol. The van der Waals surface area contributed by atoms with Crippen LogP contribution in [0.4, 0.5) is 0 Å². The normalized spacial score (nSPS) is 11.8. The highest BCUT2D eigenvalue weighted by molar-refractivity contribution is 6.28. The summed E-state index contributed by atoms with van der Waals surface area (Å²) in [5.74, 6) is 0. The van der Waals surface area contributed by atoms with E-state index in [2.05, 4.69) is 473 Å². The van der Waals surface area contributed by atoms with Gasteiger partial charge in [-0.1, -0.05) is 419 Å². The molecule has 0 amide bonds. The van der Waals surface area contributed by atoms with E-state index >= 15 is 0 Å². The van der Waals surface area contributed by atoms with Crippen molar-refractivity contribution in [3.05, 3.63) is 485 Å². The minimum Gasteiger partial charge on any atom is -0.456 e. The van der Waals surface area contributed by atoms with Crippen molar-refractivity contribution in [3.8, 4) is 100 Å². The van der Waals surface area contributed by atoms with Crippen LogP contribution in [0, 0.1) is 0 Å². The highest BCUT2D eigenvalue weighted by atomic mass is 16.3. The SMILES string of the molecule is c1ccc(-c2cc(-c3c4ccccc4c(-c4ccc5ccccc5c4)c4ccccc34)cc3c2oc2ccccc23)cc1.c1ccc(-c2cc3oc4ccccc4c3cc2-c2c3ccccc3c(-c3ccc4ccccc4c3)c3ccccc23)cc1.c1ccc2cc(-c3c4ccccc4c(-c4ccc5oc6c(-c7cccc8ccccc78)cccc6c5c4)c4ccccc34)ccc2c1. The molecule has 0 aliphatic heterocycles. The lowest BCUT2D eigenvalue weighted by molar-refractivity contribution is 0.669. The third kappa shape index (κ3) is 13.0. The molecule has 0 radical (unpaired) electrons. The molecule has 3 nitrogen and oxygen atoms in total. The highest BCUT2D eigenvalue weighted by Gasteiger charge is 2.26. The van der Waals surface area contributed by atoms with Crippen LogP contribution in [-0.2, 0) is 0 Å². The van der Waals surface area contributed by atoms with Crippen LogP contribution < -0.4 is 0 Å². The number of hydrogen-bond donors (Lipinski definition) is 0. The van der Waals surface area contributed by atoms with Gasteiger partial charge in [0.25, 0.3) is 0 Å². The fourth-order valence-electron chi connectivity index (χ4n) is 21.5. The summed E-state index contributed by atoms with van der Waals surface area (Å²) >= 11 is 0. The van der Waals surface area contributed by atoms with E-state index in [1.165, 1.54) is 191 Å². The van der Waals surface area contributed by atoms with Gasteiger partial charge < -0.3 is 13.3 Å². The maximum absolute atomic E-state index is 6.66. The molecule has 28 aromatic rings. The van der Waals surface area contributed by atoms with Crippen LogP contribution in [0.2, 0.25) is 0 Å². The second kappa shape index (κ2) is 31.8. The van der Waals surface area contributed by atoms with Crippen LogP contribution in [0.5, 0.6) is 0 Å². The first-order valence-electron chi connectivity index (χ1n) is 45.7. The first kappa shape index (κ1) is 76.7. The monoisotopic (exact) mass is 1690 g/mol. The van der Waals surface area contributed by atoms with Crippen molar-refractivity contribution in [2.75, 3.05) is 0 Å². The van der Waals surface area contributed by atoms with E-state index in [1.54, 1.807) is 0 Å². The molecule has 133 heavy (non-hydrogen) atoms. The second-order valence-corrected chi connectivity index (χ2v) is 35.0. The molecular formula is C130H80O3. The Hall–Kier alpha value is -17.5. The molecular weight excluding hydrogens is 1610 g/mol. The van der Waals surface area contributed by atoms with Crippen molar-refractivity contribution >= 4 is 174 Å². The fourth-order valence-corrected chi connectivity index (χ4v) is 21.5. The largest absolute Gasteiger partial charge is 0.456 e. The lowest BCUT2D eigenvalue weighted by atomic mass is 9.83. The van der Waals surface area contributed by atoms with Gasteiger partial charge in [-0.15, -0.1) is 0 Å².